The summed E-state index contributed by atoms with van der Waals surface area (Å²) in [6.07, 6.45) is 6.67. The second-order valence-electron chi connectivity index (χ2n) is 8.37. The molecule has 1 unspecified atom stereocenters. The van der Waals surface area contributed by atoms with Gasteiger partial charge in [-0.3, -0.25) is 0 Å². The number of rotatable bonds is 5. The van der Waals surface area contributed by atoms with Gasteiger partial charge in [-0.25, -0.2) is 17.4 Å². The van der Waals surface area contributed by atoms with Crippen LogP contribution in [-0.4, -0.2) is 46.8 Å². The van der Waals surface area contributed by atoms with Crippen molar-refractivity contribution in [3.05, 3.63) is 54.4 Å². The molecular formula is C22H27N5O3S. The number of nitrogens with zero attached hydrogens (tertiary/aromatic N) is 3. The fraction of sp³-hybridized carbons (Fsp3) is 0.409. The van der Waals surface area contributed by atoms with Crippen molar-refractivity contribution in [2.24, 2.45) is 5.92 Å². The molecule has 1 aromatic carbocycles. The Bertz CT molecular complexity index is 1190. The SMILES string of the molecule is CN[C@H]1CC[C@H](C(O)N2Cc3c(cnc4c3ccn4S(=O)(=O)c3ccccc3)N2)CC1. The highest BCUT2D eigenvalue weighted by molar-refractivity contribution is 7.90. The zero-order chi connectivity index (χ0) is 21.6. The summed E-state index contributed by atoms with van der Waals surface area (Å²) < 4.78 is 27.4. The molecule has 1 fully saturated rings. The zero-order valence-corrected chi connectivity index (χ0v) is 18.2. The van der Waals surface area contributed by atoms with Gasteiger partial charge < -0.3 is 15.8 Å². The van der Waals surface area contributed by atoms with Gasteiger partial charge in [0.1, 0.15) is 6.23 Å². The molecule has 0 bridgehead atoms. The highest BCUT2D eigenvalue weighted by Gasteiger charge is 2.34. The molecule has 0 amide bonds. The average molecular weight is 442 g/mol. The number of benzene rings is 1. The number of hydrogen-bond acceptors (Lipinski definition) is 7. The summed E-state index contributed by atoms with van der Waals surface area (Å²) in [6.45, 7) is 0.497. The van der Waals surface area contributed by atoms with Crippen LogP contribution in [0.1, 0.15) is 31.2 Å². The van der Waals surface area contributed by atoms with E-state index < -0.39 is 16.3 Å². The van der Waals surface area contributed by atoms with Gasteiger partial charge >= 0.3 is 0 Å². The fourth-order valence-corrected chi connectivity index (χ4v) is 6.09. The largest absolute Gasteiger partial charge is 0.376 e. The second-order valence-corrected chi connectivity index (χ2v) is 10.2. The van der Waals surface area contributed by atoms with Gasteiger partial charge in [0.25, 0.3) is 10.0 Å². The van der Waals surface area contributed by atoms with E-state index >= 15 is 0 Å². The van der Waals surface area contributed by atoms with Crippen molar-refractivity contribution in [1.82, 2.24) is 19.3 Å². The van der Waals surface area contributed by atoms with Gasteiger partial charge in [-0.05, 0) is 50.9 Å². The molecule has 3 N–H and O–H groups in total. The smallest absolute Gasteiger partial charge is 0.269 e. The fourth-order valence-electron chi connectivity index (χ4n) is 4.77. The van der Waals surface area contributed by atoms with E-state index in [9.17, 15) is 13.5 Å². The third kappa shape index (κ3) is 3.51. The Hall–Kier alpha value is -2.46. The predicted octanol–water partition coefficient (Wildman–Crippen LogP) is 2.51. The number of aliphatic hydroxyl groups is 1. The van der Waals surface area contributed by atoms with Crippen molar-refractivity contribution in [1.29, 1.82) is 0 Å². The molecule has 0 spiro atoms. The van der Waals surface area contributed by atoms with E-state index in [4.69, 9.17) is 0 Å². The van der Waals surface area contributed by atoms with Crippen LogP contribution in [0.3, 0.4) is 0 Å². The first-order chi connectivity index (χ1) is 15.0. The first-order valence-electron chi connectivity index (χ1n) is 10.7. The molecule has 3 heterocycles. The van der Waals surface area contributed by atoms with E-state index in [1.54, 1.807) is 48.8 Å². The molecule has 0 saturated heterocycles. The van der Waals surface area contributed by atoms with Crippen LogP contribution in [0.25, 0.3) is 11.0 Å². The number of aliphatic hydroxyl groups excluding tert-OH is 1. The quantitative estimate of drug-likeness (QED) is 0.559. The third-order valence-corrected chi connectivity index (χ3v) is 8.29. The van der Waals surface area contributed by atoms with Crippen molar-refractivity contribution in [2.45, 2.75) is 49.4 Å². The molecule has 3 aromatic rings. The van der Waals surface area contributed by atoms with E-state index in [0.717, 1.165) is 42.3 Å². The minimum atomic E-state index is -3.73. The summed E-state index contributed by atoms with van der Waals surface area (Å²) in [5.74, 6) is 0.206. The lowest BCUT2D eigenvalue weighted by molar-refractivity contribution is -0.0391. The average Bonchev–Trinajstić information content (AvgIpc) is 3.43. The van der Waals surface area contributed by atoms with E-state index in [2.05, 4.69) is 15.7 Å². The molecule has 1 atom stereocenters. The summed E-state index contributed by atoms with van der Waals surface area (Å²) in [4.78, 5) is 4.66. The summed E-state index contributed by atoms with van der Waals surface area (Å²) in [7, 11) is -1.74. The summed E-state index contributed by atoms with van der Waals surface area (Å²) in [6, 6.07) is 10.7. The first kappa shape index (κ1) is 20.4. The lowest BCUT2D eigenvalue weighted by Crippen LogP contribution is -2.43. The molecule has 0 radical (unpaired) electrons. The van der Waals surface area contributed by atoms with E-state index in [1.807, 2.05) is 12.1 Å². The van der Waals surface area contributed by atoms with Crippen LogP contribution in [0.2, 0.25) is 0 Å². The Morgan fingerprint density at radius 3 is 2.61 bits per heavy atom. The van der Waals surface area contributed by atoms with Gasteiger partial charge in [-0.2, -0.15) is 5.01 Å². The number of aromatic nitrogens is 2. The molecule has 31 heavy (non-hydrogen) atoms. The number of pyridine rings is 1. The van der Waals surface area contributed by atoms with Gasteiger partial charge in [0.15, 0.2) is 5.65 Å². The molecule has 1 aliphatic heterocycles. The van der Waals surface area contributed by atoms with Gasteiger partial charge in [0.05, 0.1) is 16.8 Å². The van der Waals surface area contributed by atoms with Gasteiger partial charge in [-0.1, -0.05) is 18.2 Å². The molecular weight excluding hydrogens is 414 g/mol. The minimum Gasteiger partial charge on any atom is -0.376 e. The molecule has 164 valence electrons. The molecule has 2 aromatic heterocycles. The lowest BCUT2D eigenvalue weighted by Gasteiger charge is -2.35. The number of anilines is 1. The van der Waals surface area contributed by atoms with Crippen molar-refractivity contribution in [3.63, 3.8) is 0 Å². The second kappa shape index (κ2) is 7.90. The number of hydrazine groups is 1. The maximum Gasteiger partial charge on any atom is 0.269 e. The monoisotopic (exact) mass is 441 g/mol. The van der Waals surface area contributed by atoms with Crippen molar-refractivity contribution >= 4 is 26.7 Å². The van der Waals surface area contributed by atoms with Crippen LogP contribution < -0.4 is 10.7 Å². The van der Waals surface area contributed by atoms with Gasteiger partial charge in [-0.15, -0.1) is 0 Å². The topological polar surface area (TPSA) is 99.5 Å². The Morgan fingerprint density at radius 2 is 1.90 bits per heavy atom. The molecule has 5 rings (SSSR count). The standard InChI is InChI=1S/C22H27N5O3S/c1-23-16-9-7-15(8-10-16)22(28)26-14-19-18-11-12-27(21(18)24-13-20(19)25-26)31(29,30)17-5-3-2-4-6-17/h2-6,11-13,15-16,22-23,25,28H,7-10,14H2,1H3/t15-,16-,22?. The molecule has 1 saturated carbocycles. The van der Waals surface area contributed by atoms with E-state index in [1.165, 1.54) is 3.97 Å². The summed E-state index contributed by atoms with van der Waals surface area (Å²) in [5, 5.41) is 16.9. The molecule has 2 aliphatic rings. The summed E-state index contributed by atoms with van der Waals surface area (Å²) >= 11 is 0. The zero-order valence-electron chi connectivity index (χ0n) is 17.4. The highest BCUT2D eigenvalue weighted by atomic mass is 32.2. The maximum absolute atomic E-state index is 13.1. The highest BCUT2D eigenvalue weighted by Crippen LogP contribution is 2.36. The summed E-state index contributed by atoms with van der Waals surface area (Å²) in [5.41, 5.74) is 5.44. The predicted molar refractivity (Wildman–Crippen MR) is 119 cm³/mol. The van der Waals surface area contributed by atoms with Crippen LogP contribution in [0, 0.1) is 5.92 Å². The molecule has 1 aliphatic carbocycles. The van der Waals surface area contributed by atoms with Crippen LogP contribution in [-0.2, 0) is 16.6 Å². The normalized spacial score (nSPS) is 22.9. The van der Waals surface area contributed by atoms with Gasteiger partial charge in [0, 0.05) is 35.7 Å². The number of hydrogen-bond donors (Lipinski definition) is 3. The lowest BCUT2D eigenvalue weighted by atomic mass is 9.85. The van der Waals surface area contributed by atoms with E-state index in [0.29, 0.717) is 18.2 Å². The molecule has 9 heteroatoms. The van der Waals surface area contributed by atoms with Crippen molar-refractivity contribution in [2.75, 3.05) is 12.5 Å². The number of fused-ring (bicyclic) bond motifs is 3. The van der Waals surface area contributed by atoms with Crippen LogP contribution in [0.4, 0.5) is 5.69 Å². The third-order valence-electron chi connectivity index (χ3n) is 6.61. The Morgan fingerprint density at radius 1 is 1.16 bits per heavy atom. The van der Waals surface area contributed by atoms with Crippen molar-refractivity contribution < 1.29 is 13.5 Å². The Labute approximate surface area is 181 Å². The van der Waals surface area contributed by atoms with Crippen molar-refractivity contribution in [3.8, 4) is 0 Å². The van der Waals surface area contributed by atoms with Gasteiger partial charge in [0.2, 0.25) is 0 Å². The first-order valence-corrected chi connectivity index (χ1v) is 12.1. The minimum absolute atomic E-state index is 0.206. The van der Waals surface area contributed by atoms with Crippen LogP contribution in [0.5, 0.6) is 0 Å². The van der Waals surface area contributed by atoms with Crippen LogP contribution in [0.15, 0.2) is 53.7 Å². The van der Waals surface area contributed by atoms with Crippen LogP contribution >= 0.6 is 0 Å². The Balaban J connectivity index is 1.41. The Kier molecular flexibility index (Phi) is 5.21. The maximum atomic E-state index is 13.1. The molecule has 8 nitrogen and oxygen atoms in total. The van der Waals surface area contributed by atoms with E-state index in [-0.39, 0.29) is 10.8 Å². The number of nitrogens with one attached hydrogen (secondary N) is 2.